The van der Waals surface area contributed by atoms with E-state index in [0.717, 1.165) is 18.8 Å². The van der Waals surface area contributed by atoms with Gasteiger partial charge in [0.2, 0.25) is 0 Å². The van der Waals surface area contributed by atoms with Crippen LogP contribution in [0.1, 0.15) is 36.9 Å². The van der Waals surface area contributed by atoms with E-state index in [0.29, 0.717) is 12.6 Å². The summed E-state index contributed by atoms with van der Waals surface area (Å²) in [5.41, 5.74) is 7.89. The molecule has 0 bridgehead atoms. The minimum atomic E-state index is 0.217. The van der Waals surface area contributed by atoms with Gasteiger partial charge in [0.15, 0.2) is 0 Å². The summed E-state index contributed by atoms with van der Waals surface area (Å²) in [6.07, 6.45) is 6.90. The molecule has 4 nitrogen and oxygen atoms in total. The third kappa shape index (κ3) is 3.28. The molecular weight excluding hydrogens is 226 g/mol. The molecular formula is C14H23N3O. The quantitative estimate of drug-likeness (QED) is 0.797. The van der Waals surface area contributed by atoms with Crippen LogP contribution in [0.4, 0.5) is 0 Å². The maximum atomic E-state index is 9.22. The van der Waals surface area contributed by atoms with Crippen molar-refractivity contribution in [2.24, 2.45) is 5.73 Å². The van der Waals surface area contributed by atoms with Gasteiger partial charge >= 0.3 is 0 Å². The molecule has 1 heterocycles. The second-order valence-corrected chi connectivity index (χ2v) is 4.95. The summed E-state index contributed by atoms with van der Waals surface area (Å²) in [5.74, 6) is 0. The predicted molar refractivity (Wildman–Crippen MR) is 71.9 cm³/mol. The van der Waals surface area contributed by atoms with Gasteiger partial charge in [0, 0.05) is 31.9 Å². The monoisotopic (exact) mass is 249 g/mol. The Morgan fingerprint density at radius 1 is 1.39 bits per heavy atom. The highest BCUT2D eigenvalue weighted by molar-refractivity contribution is 5.19. The van der Waals surface area contributed by atoms with Crippen molar-refractivity contribution in [3.05, 3.63) is 29.6 Å². The zero-order valence-electron chi connectivity index (χ0n) is 10.9. The minimum absolute atomic E-state index is 0.217. The molecule has 2 rings (SSSR count). The molecule has 0 saturated heterocycles. The van der Waals surface area contributed by atoms with E-state index in [4.69, 9.17) is 5.73 Å². The lowest BCUT2D eigenvalue weighted by atomic mass is 10.1. The number of hydrogen-bond donors (Lipinski definition) is 2. The number of aliphatic hydroxyl groups is 1. The van der Waals surface area contributed by atoms with Crippen molar-refractivity contribution in [2.45, 2.75) is 44.8 Å². The van der Waals surface area contributed by atoms with Crippen LogP contribution in [0, 0.1) is 0 Å². The van der Waals surface area contributed by atoms with Gasteiger partial charge < -0.3 is 10.8 Å². The molecule has 1 saturated carbocycles. The summed E-state index contributed by atoms with van der Waals surface area (Å²) >= 11 is 0. The number of nitrogens with zero attached hydrogens (tertiary/aromatic N) is 2. The fourth-order valence-electron chi connectivity index (χ4n) is 2.81. The van der Waals surface area contributed by atoms with Gasteiger partial charge in [0.1, 0.15) is 0 Å². The van der Waals surface area contributed by atoms with Gasteiger partial charge in [-0.2, -0.15) is 0 Å². The van der Waals surface area contributed by atoms with E-state index in [1.807, 2.05) is 6.07 Å². The van der Waals surface area contributed by atoms with Crippen LogP contribution in [-0.4, -0.2) is 34.2 Å². The average molecular weight is 249 g/mol. The van der Waals surface area contributed by atoms with Crippen molar-refractivity contribution < 1.29 is 5.11 Å². The highest BCUT2D eigenvalue weighted by Gasteiger charge is 2.22. The standard InChI is InChI=1S/C14H23N3O/c15-10-14-12(4-3-7-16-14)11-17(8-9-18)13-5-1-2-6-13/h3-4,7,13,18H,1-2,5-6,8-11,15H2. The molecule has 1 fully saturated rings. The van der Waals surface area contributed by atoms with E-state index >= 15 is 0 Å². The van der Waals surface area contributed by atoms with Crippen LogP contribution in [0.15, 0.2) is 18.3 Å². The van der Waals surface area contributed by atoms with Crippen molar-refractivity contribution in [2.75, 3.05) is 13.2 Å². The van der Waals surface area contributed by atoms with Gasteiger partial charge in [-0.3, -0.25) is 9.88 Å². The molecule has 1 aliphatic rings. The van der Waals surface area contributed by atoms with Crippen LogP contribution in [0.25, 0.3) is 0 Å². The zero-order valence-corrected chi connectivity index (χ0v) is 10.9. The Bertz CT molecular complexity index is 364. The molecule has 0 radical (unpaired) electrons. The summed E-state index contributed by atoms with van der Waals surface area (Å²) in [5, 5.41) is 9.22. The Balaban J connectivity index is 2.07. The van der Waals surface area contributed by atoms with Crippen molar-refractivity contribution in [3.8, 4) is 0 Å². The normalized spacial score (nSPS) is 16.6. The predicted octanol–water partition coefficient (Wildman–Crippen LogP) is 1.28. The Kier molecular flexibility index (Phi) is 5.11. The van der Waals surface area contributed by atoms with Gasteiger partial charge in [-0.05, 0) is 24.5 Å². The molecule has 100 valence electrons. The van der Waals surface area contributed by atoms with Crippen molar-refractivity contribution in [1.29, 1.82) is 0 Å². The first-order valence-electron chi connectivity index (χ1n) is 6.83. The van der Waals surface area contributed by atoms with Gasteiger partial charge in [-0.15, -0.1) is 0 Å². The first kappa shape index (κ1) is 13.5. The molecule has 0 spiro atoms. The van der Waals surface area contributed by atoms with E-state index in [-0.39, 0.29) is 6.61 Å². The van der Waals surface area contributed by atoms with Crippen LogP contribution >= 0.6 is 0 Å². The lowest BCUT2D eigenvalue weighted by Crippen LogP contribution is -2.35. The van der Waals surface area contributed by atoms with E-state index < -0.39 is 0 Å². The highest BCUT2D eigenvalue weighted by Crippen LogP contribution is 2.25. The Hall–Kier alpha value is -0.970. The van der Waals surface area contributed by atoms with E-state index in [2.05, 4.69) is 16.0 Å². The molecule has 0 aromatic carbocycles. The number of pyridine rings is 1. The van der Waals surface area contributed by atoms with Crippen LogP contribution in [0.5, 0.6) is 0 Å². The third-order valence-electron chi connectivity index (χ3n) is 3.78. The van der Waals surface area contributed by atoms with Crippen molar-refractivity contribution in [1.82, 2.24) is 9.88 Å². The van der Waals surface area contributed by atoms with Crippen LogP contribution in [-0.2, 0) is 13.1 Å². The van der Waals surface area contributed by atoms with Crippen molar-refractivity contribution in [3.63, 3.8) is 0 Å². The Labute approximate surface area is 109 Å². The maximum Gasteiger partial charge on any atom is 0.0584 e. The van der Waals surface area contributed by atoms with E-state index in [9.17, 15) is 5.11 Å². The van der Waals surface area contributed by atoms with E-state index in [1.165, 1.54) is 31.2 Å². The molecule has 3 N–H and O–H groups in total. The summed E-state index contributed by atoms with van der Waals surface area (Å²) in [6.45, 7) is 2.29. The fraction of sp³-hybridized carbons (Fsp3) is 0.643. The molecule has 0 atom stereocenters. The number of aromatic nitrogens is 1. The minimum Gasteiger partial charge on any atom is -0.395 e. The molecule has 1 aliphatic carbocycles. The summed E-state index contributed by atoms with van der Waals surface area (Å²) in [7, 11) is 0. The molecule has 0 amide bonds. The van der Waals surface area contributed by atoms with Gasteiger partial charge in [0.25, 0.3) is 0 Å². The summed E-state index contributed by atoms with van der Waals surface area (Å²) in [6, 6.07) is 4.66. The lowest BCUT2D eigenvalue weighted by Gasteiger charge is -2.28. The Morgan fingerprint density at radius 3 is 2.83 bits per heavy atom. The van der Waals surface area contributed by atoms with Crippen LogP contribution < -0.4 is 5.73 Å². The van der Waals surface area contributed by atoms with E-state index in [1.54, 1.807) is 6.20 Å². The van der Waals surface area contributed by atoms with Crippen molar-refractivity contribution >= 4 is 0 Å². The summed E-state index contributed by atoms with van der Waals surface area (Å²) in [4.78, 5) is 6.70. The molecule has 1 aromatic rings. The number of aliphatic hydroxyl groups excluding tert-OH is 1. The molecule has 1 aromatic heterocycles. The van der Waals surface area contributed by atoms with Gasteiger partial charge in [0.05, 0.1) is 12.3 Å². The summed E-state index contributed by atoms with van der Waals surface area (Å²) < 4.78 is 0. The Morgan fingerprint density at radius 2 is 2.17 bits per heavy atom. The molecule has 18 heavy (non-hydrogen) atoms. The first-order chi connectivity index (χ1) is 8.85. The average Bonchev–Trinajstić information content (AvgIpc) is 2.92. The van der Waals surface area contributed by atoms with Gasteiger partial charge in [-0.1, -0.05) is 18.9 Å². The molecule has 0 unspecified atom stereocenters. The lowest BCUT2D eigenvalue weighted by molar-refractivity contribution is 0.144. The van der Waals surface area contributed by atoms with Crippen LogP contribution in [0.2, 0.25) is 0 Å². The SMILES string of the molecule is NCc1ncccc1CN(CCO)C1CCCC1. The maximum absolute atomic E-state index is 9.22. The third-order valence-corrected chi connectivity index (χ3v) is 3.78. The topological polar surface area (TPSA) is 62.4 Å². The fourth-order valence-corrected chi connectivity index (χ4v) is 2.81. The number of rotatable bonds is 6. The van der Waals surface area contributed by atoms with Gasteiger partial charge in [-0.25, -0.2) is 0 Å². The number of nitrogens with two attached hydrogens (primary N) is 1. The zero-order chi connectivity index (χ0) is 12.8. The smallest absolute Gasteiger partial charge is 0.0584 e. The largest absolute Gasteiger partial charge is 0.395 e. The highest BCUT2D eigenvalue weighted by atomic mass is 16.3. The second-order valence-electron chi connectivity index (χ2n) is 4.95. The first-order valence-corrected chi connectivity index (χ1v) is 6.83. The molecule has 0 aliphatic heterocycles. The molecule has 4 heteroatoms. The number of hydrogen-bond acceptors (Lipinski definition) is 4. The second kappa shape index (κ2) is 6.83. The van der Waals surface area contributed by atoms with Crippen LogP contribution in [0.3, 0.4) is 0 Å².